The fraction of sp³-hybridized carbons (Fsp3) is 1.00. The van der Waals surface area contributed by atoms with Crippen LogP contribution in [0, 0.1) is 23.7 Å². The minimum atomic E-state index is -0.0380. The number of aliphatic hydroxyl groups excluding tert-OH is 1. The number of likely N-dealkylation sites (tertiary alicyclic amines) is 1. The summed E-state index contributed by atoms with van der Waals surface area (Å²) in [5.41, 5.74) is 0. The zero-order chi connectivity index (χ0) is 9.59. The molecule has 0 aromatic rings. The molecule has 0 unspecified atom stereocenters. The van der Waals surface area contributed by atoms with Gasteiger partial charge in [0.05, 0.1) is 6.10 Å². The SMILES string of the molecule is C[C@@H]1[C@@H]2CN(C)C[C@H](C)[C@@H]2C[C@H]1O. The lowest BCUT2D eigenvalue weighted by Gasteiger charge is -2.38. The molecule has 2 aliphatic rings. The molecule has 1 saturated heterocycles. The Morgan fingerprint density at radius 2 is 1.85 bits per heavy atom. The highest BCUT2D eigenvalue weighted by Gasteiger charge is 2.44. The average molecular weight is 183 g/mol. The molecule has 0 aromatic carbocycles. The van der Waals surface area contributed by atoms with Gasteiger partial charge in [0.15, 0.2) is 0 Å². The molecule has 1 heterocycles. The van der Waals surface area contributed by atoms with E-state index in [0.29, 0.717) is 5.92 Å². The first-order chi connectivity index (χ1) is 6.09. The number of piperidine rings is 1. The van der Waals surface area contributed by atoms with Gasteiger partial charge in [0, 0.05) is 13.1 Å². The first-order valence-electron chi connectivity index (χ1n) is 5.46. The molecule has 2 nitrogen and oxygen atoms in total. The van der Waals surface area contributed by atoms with Gasteiger partial charge in [0.25, 0.3) is 0 Å². The second-order valence-electron chi connectivity index (χ2n) is 5.19. The summed E-state index contributed by atoms with van der Waals surface area (Å²) < 4.78 is 0. The number of fused-ring (bicyclic) bond motifs is 1. The number of hydrogen-bond donors (Lipinski definition) is 1. The van der Waals surface area contributed by atoms with E-state index in [1.165, 1.54) is 13.1 Å². The Morgan fingerprint density at radius 3 is 2.54 bits per heavy atom. The molecule has 1 aliphatic heterocycles. The minimum Gasteiger partial charge on any atom is -0.393 e. The third kappa shape index (κ3) is 1.50. The van der Waals surface area contributed by atoms with E-state index in [-0.39, 0.29) is 6.10 Å². The van der Waals surface area contributed by atoms with Crippen molar-refractivity contribution in [2.45, 2.75) is 26.4 Å². The van der Waals surface area contributed by atoms with E-state index in [4.69, 9.17) is 0 Å². The fourth-order valence-corrected chi connectivity index (χ4v) is 3.36. The lowest BCUT2D eigenvalue weighted by Crippen LogP contribution is -2.42. The maximum Gasteiger partial charge on any atom is 0.0571 e. The second-order valence-corrected chi connectivity index (χ2v) is 5.19. The van der Waals surface area contributed by atoms with Gasteiger partial charge >= 0.3 is 0 Å². The minimum absolute atomic E-state index is 0.0380. The highest BCUT2D eigenvalue weighted by molar-refractivity contribution is 4.95. The van der Waals surface area contributed by atoms with E-state index >= 15 is 0 Å². The van der Waals surface area contributed by atoms with E-state index < -0.39 is 0 Å². The largest absolute Gasteiger partial charge is 0.393 e. The number of aliphatic hydroxyl groups is 1. The third-order valence-electron chi connectivity index (χ3n) is 4.20. The van der Waals surface area contributed by atoms with Crippen LogP contribution in [0.3, 0.4) is 0 Å². The monoisotopic (exact) mass is 183 g/mol. The smallest absolute Gasteiger partial charge is 0.0571 e. The molecule has 2 fully saturated rings. The van der Waals surface area contributed by atoms with Gasteiger partial charge < -0.3 is 10.0 Å². The average Bonchev–Trinajstić information content (AvgIpc) is 2.32. The lowest BCUT2D eigenvalue weighted by molar-refractivity contribution is 0.0850. The highest BCUT2D eigenvalue weighted by atomic mass is 16.3. The highest BCUT2D eigenvalue weighted by Crippen LogP contribution is 2.44. The van der Waals surface area contributed by atoms with Crippen LogP contribution in [-0.2, 0) is 0 Å². The Labute approximate surface area is 80.9 Å². The van der Waals surface area contributed by atoms with Crippen LogP contribution in [0.25, 0.3) is 0 Å². The number of nitrogens with zero attached hydrogens (tertiary/aromatic N) is 1. The van der Waals surface area contributed by atoms with Gasteiger partial charge in [-0.2, -0.15) is 0 Å². The van der Waals surface area contributed by atoms with Crippen LogP contribution < -0.4 is 0 Å². The molecule has 5 atom stereocenters. The number of hydrogen-bond acceptors (Lipinski definition) is 2. The van der Waals surface area contributed by atoms with Gasteiger partial charge in [-0.25, -0.2) is 0 Å². The fourth-order valence-electron chi connectivity index (χ4n) is 3.36. The quantitative estimate of drug-likeness (QED) is 0.610. The van der Waals surface area contributed by atoms with E-state index in [1.54, 1.807) is 0 Å². The van der Waals surface area contributed by atoms with Crippen molar-refractivity contribution in [3.8, 4) is 0 Å². The maximum absolute atomic E-state index is 9.81. The molecule has 0 amide bonds. The zero-order valence-corrected chi connectivity index (χ0v) is 8.90. The lowest BCUT2D eigenvalue weighted by atomic mass is 9.79. The first kappa shape index (κ1) is 9.47. The molecule has 0 radical (unpaired) electrons. The van der Waals surface area contributed by atoms with Crippen molar-refractivity contribution in [1.29, 1.82) is 0 Å². The van der Waals surface area contributed by atoms with E-state index in [9.17, 15) is 5.11 Å². The van der Waals surface area contributed by atoms with Crippen molar-refractivity contribution < 1.29 is 5.11 Å². The van der Waals surface area contributed by atoms with Crippen molar-refractivity contribution in [1.82, 2.24) is 4.90 Å². The van der Waals surface area contributed by atoms with Crippen LogP contribution in [0.4, 0.5) is 0 Å². The van der Waals surface area contributed by atoms with Crippen molar-refractivity contribution in [3.63, 3.8) is 0 Å². The Balaban J connectivity index is 2.12. The molecular formula is C11H21NO. The summed E-state index contributed by atoms with van der Waals surface area (Å²) in [6, 6.07) is 0. The summed E-state index contributed by atoms with van der Waals surface area (Å²) in [6.45, 7) is 6.94. The van der Waals surface area contributed by atoms with Crippen LogP contribution in [0.5, 0.6) is 0 Å². The molecule has 13 heavy (non-hydrogen) atoms. The Morgan fingerprint density at radius 1 is 1.15 bits per heavy atom. The standard InChI is InChI=1S/C11H21NO/c1-7-5-12(3)6-10-8(2)11(13)4-9(7)10/h7-11,13H,4-6H2,1-3H3/t7-,8+,9-,10-,11+/m0/s1. The summed E-state index contributed by atoms with van der Waals surface area (Å²) in [5.74, 6) is 2.79. The summed E-state index contributed by atoms with van der Waals surface area (Å²) in [5, 5.41) is 9.81. The molecule has 0 bridgehead atoms. The summed E-state index contributed by atoms with van der Waals surface area (Å²) in [7, 11) is 2.20. The summed E-state index contributed by atoms with van der Waals surface area (Å²) in [6.07, 6.45) is 1.00. The predicted molar refractivity (Wildman–Crippen MR) is 53.4 cm³/mol. The van der Waals surface area contributed by atoms with Crippen molar-refractivity contribution in [2.24, 2.45) is 23.7 Å². The van der Waals surface area contributed by atoms with Crippen molar-refractivity contribution >= 4 is 0 Å². The molecule has 0 aromatic heterocycles. The summed E-state index contributed by atoms with van der Waals surface area (Å²) in [4.78, 5) is 2.42. The Bertz CT molecular complexity index is 195. The van der Waals surface area contributed by atoms with E-state index in [1.807, 2.05) is 0 Å². The normalized spacial score (nSPS) is 52.2. The van der Waals surface area contributed by atoms with Gasteiger partial charge in [-0.1, -0.05) is 13.8 Å². The van der Waals surface area contributed by atoms with Crippen LogP contribution in [0.15, 0.2) is 0 Å². The molecule has 1 saturated carbocycles. The predicted octanol–water partition coefficient (Wildman–Crippen LogP) is 1.20. The second kappa shape index (κ2) is 3.25. The van der Waals surface area contributed by atoms with Crippen molar-refractivity contribution in [2.75, 3.05) is 20.1 Å². The molecular weight excluding hydrogens is 162 g/mol. The molecule has 2 heteroatoms. The maximum atomic E-state index is 9.81. The van der Waals surface area contributed by atoms with Gasteiger partial charge in [-0.05, 0) is 37.1 Å². The van der Waals surface area contributed by atoms with Crippen LogP contribution in [-0.4, -0.2) is 36.2 Å². The molecule has 2 rings (SSSR count). The topological polar surface area (TPSA) is 23.5 Å². The van der Waals surface area contributed by atoms with E-state index in [0.717, 1.165) is 24.2 Å². The molecule has 1 N–H and O–H groups in total. The van der Waals surface area contributed by atoms with Gasteiger partial charge in [0.2, 0.25) is 0 Å². The van der Waals surface area contributed by atoms with E-state index in [2.05, 4.69) is 25.8 Å². The molecule has 0 spiro atoms. The third-order valence-corrected chi connectivity index (χ3v) is 4.20. The van der Waals surface area contributed by atoms with Crippen LogP contribution >= 0.6 is 0 Å². The van der Waals surface area contributed by atoms with Gasteiger partial charge in [-0.3, -0.25) is 0 Å². The molecule has 76 valence electrons. The Kier molecular flexibility index (Phi) is 2.37. The van der Waals surface area contributed by atoms with Gasteiger partial charge in [0.1, 0.15) is 0 Å². The van der Waals surface area contributed by atoms with Gasteiger partial charge in [-0.15, -0.1) is 0 Å². The Hall–Kier alpha value is -0.0800. The zero-order valence-electron chi connectivity index (χ0n) is 8.90. The van der Waals surface area contributed by atoms with Crippen LogP contribution in [0.2, 0.25) is 0 Å². The van der Waals surface area contributed by atoms with Crippen molar-refractivity contribution in [3.05, 3.63) is 0 Å². The first-order valence-corrected chi connectivity index (χ1v) is 5.46. The van der Waals surface area contributed by atoms with Crippen LogP contribution in [0.1, 0.15) is 20.3 Å². The molecule has 1 aliphatic carbocycles. The summed E-state index contributed by atoms with van der Waals surface area (Å²) >= 11 is 0. The number of rotatable bonds is 0.